The van der Waals surface area contributed by atoms with Gasteiger partial charge in [-0.2, -0.15) is 10.2 Å². The molecule has 0 saturated heterocycles. The highest BCUT2D eigenvalue weighted by molar-refractivity contribution is 5.53. The number of nitrogens with one attached hydrogen (secondary N) is 2. The van der Waals surface area contributed by atoms with Crippen molar-refractivity contribution in [1.29, 1.82) is 5.26 Å². The minimum absolute atomic E-state index is 0.218. The van der Waals surface area contributed by atoms with Crippen LogP contribution in [0.1, 0.15) is 0 Å². The summed E-state index contributed by atoms with van der Waals surface area (Å²) in [6, 6.07) is 9.50. The highest BCUT2D eigenvalue weighted by Gasteiger charge is 1.99. The minimum atomic E-state index is 0.218. The first-order valence-electron chi connectivity index (χ1n) is 4.55. The third-order valence-electron chi connectivity index (χ3n) is 1.77. The number of aromatic nitrogens is 3. The van der Waals surface area contributed by atoms with Gasteiger partial charge in [0.05, 0.1) is 0 Å². The summed E-state index contributed by atoms with van der Waals surface area (Å²) in [5.41, 5.74) is 0.872. The van der Waals surface area contributed by atoms with Crippen molar-refractivity contribution in [2.75, 3.05) is 10.6 Å². The lowest BCUT2D eigenvalue weighted by molar-refractivity contribution is 1.06. The quantitative estimate of drug-likeness (QED) is 0.592. The van der Waals surface area contributed by atoms with Crippen LogP contribution in [0.15, 0.2) is 36.7 Å². The average molecular weight is 212 g/mol. The Morgan fingerprint density at radius 2 is 1.81 bits per heavy atom. The smallest absolute Gasteiger partial charge is 0.240 e. The fraction of sp³-hybridized carbons (Fsp3) is 0. The van der Waals surface area contributed by atoms with Crippen molar-refractivity contribution in [2.45, 2.75) is 0 Å². The Morgan fingerprint density at radius 1 is 1.06 bits per heavy atom. The Morgan fingerprint density at radius 3 is 2.56 bits per heavy atom. The Balaban J connectivity index is 2.16. The highest BCUT2D eigenvalue weighted by atomic mass is 15.2. The van der Waals surface area contributed by atoms with Gasteiger partial charge in [0.2, 0.25) is 11.9 Å². The lowest BCUT2D eigenvalue weighted by Gasteiger charge is -2.03. The monoisotopic (exact) mass is 212 g/mol. The summed E-state index contributed by atoms with van der Waals surface area (Å²) >= 11 is 0. The summed E-state index contributed by atoms with van der Waals surface area (Å²) in [4.78, 5) is 11.7. The minimum Gasteiger partial charge on any atom is -0.324 e. The molecule has 2 aromatic rings. The van der Waals surface area contributed by atoms with Gasteiger partial charge in [-0.3, -0.25) is 5.32 Å². The van der Waals surface area contributed by atoms with Crippen molar-refractivity contribution in [3.05, 3.63) is 36.7 Å². The Bertz CT molecular complexity index is 504. The van der Waals surface area contributed by atoms with Crippen molar-refractivity contribution >= 4 is 17.6 Å². The van der Waals surface area contributed by atoms with Crippen LogP contribution in [0.2, 0.25) is 0 Å². The van der Waals surface area contributed by atoms with E-state index in [1.165, 1.54) is 6.33 Å². The van der Waals surface area contributed by atoms with E-state index in [-0.39, 0.29) is 5.95 Å². The average Bonchev–Trinajstić information content (AvgIpc) is 2.31. The van der Waals surface area contributed by atoms with Crippen LogP contribution in [-0.2, 0) is 0 Å². The summed E-state index contributed by atoms with van der Waals surface area (Å²) in [5.74, 6) is 0.606. The molecule has 1 heterocycles. The molecule has 0 unspecified atom stereocenters. The highest BCUT2D eigenvalue weighted by Crippen LogP contribution is 2.11. The molecule has 16 heavy (non-hydrogen) atoms. The largest absolute Gasteiger partial charge is 0.324 e. The molecule has 0 aliphatic heterocycles. The molecule has 78 valence electrons. The number of para-hydroxylation sites is 1. The molecule has 0 atom stereocenters. The first kappa shape index (κ1) is 9.86. The molecule has 2 N–H and O–H groups in total. The number of benzene rings is 1. The van der Waals surface area contributed by atoms with Gasteiger partial charge in [-0.25, -0.2) is 9.97 Å². The van der Waals surface area contributed by atoms with E-state index in [1.54, 1.807) is 6.19 Å². The van der Waals surface area contributed by atoms with Crippen LogP contribution < -0.4 is 10.6 Å². The van der Waals surface area contributed by atoms with Crippen molar-refractivity contribution < 1.29 is 0 Å². The molecule has 2 rings (SSSR count). The number of hydrogen-bond acceptors (Lipinski definition) is 6. The van der Waals surface area contributed by atoms with Gasteiger partial charge < -0.3 is 5.32 Å². The Hall–Kier alpha value is -2.68. The number of hydrogen-bond donors (Lipinski definition) is 2. The maximum absolute atomic E-state index is 8.42. The molecule has 0 spiro atoms. The van der Waals surface area contributed by atoms with Crippen LogP contribution in [0, 0.1) is 11.5 Å². The van der Waals surface area contributed by atoms with E-state index in [2.05, 4.69) is 25.6 Å². The third kappa shape index (κ3) is 2.42. The van der Waals surface area contributed by atoms with Gasteiger partial charge in [-0.05, 0) is 12.1 Å². The predicted octanol–water partition coefficient (Wildman–Crippen LogP) is 1.51. The molecule has 1 aromatic carbocycles. The van der Waals surface area contributed by atoms with E-state index in [0.717, 1.165) is 5.69 Å². The van der Waals surface area contributed by atoms with E-state index < -0.39 is 0 Å². The predicted molar refractivity (Wildman–Crippen MR) is 58.8 cm³/mol. The molecule has 0 bridgehead atoms. The summed E-state index contributed by atoms with van der Waals surface area (Å²) in [5, 5.41) is 13.7. The SMILES string of the molecule is N#CNc1ncnc(Nc2ccccc2)n1. The fourth-order valence-electron chi connectivity index (χ4n) is 1.12. The topological polar surface area (TPSA) is 86.5 Å². The molecule has 0 aliphatic rings. The molecule has 0 fully saturated rings. The van der Waals surface area contributed by atoms with E-state index in [4.69, 9.17) is 5.26 Å². The first-order valence-corrected chi connectivity index (χ1v) is 4.55. The normalized spacial score (nSPS) is 9.19. The lowest BCUT2D eigenvalue weighted by Crippen LogP contribution is -2.01. The zero-order valence-corrected chi connectivity index (χ0v) is 8.25. The second-order valence-electron chi connectivity index (χ2n) is 2.86. The third-order valence-corrected chi connectivity index (χ3v) is 1.77. The van der Waals surface area contributed by atoms with Gasteiger partial charge in [0, 0.05) is 5.69 Å². The summed E-state index contributed by atoms with van der Waals surface area (Å²) in [7, 11) is 0. The molecule has 0 amide bonds. The van der Waals surface area contributed by atoms with Gasteiger partial charge >= 0.3 is 0 Å². The van der Waals surface area contributed by atoms with Gasteiger partial charge in [0.15, 0.2) is 6.19 Å². The molecule has 6 heteroatoms. The molecule has 1 aromatic heterocycles. The van der Waals surface area contributed by atoms with Crippen LogP contribution in [0.3, 0.4) is 0 Å². The second-order valence-corrected chi connectivity index (χ2v) is 2.86. The fourth-order valence-corrected chi connectivity index (χ4v) is 1.12. The zero-order chi connectivity index (χ0) is 11.2. The number of nitrogens with zero attached hydrogens (tertiary/aromatic N) is 4. The van der Waals surface area contributed by atoms with Crippen molar-refractivity contribution in [1.82, 2.24) is 15.0 Å². The van der Waals surface area contributed by atoms with E-state index in [0.29, 0.717) is 5.95 Å². The van der Waals surface area contributed by atoms with Gasteiger partial charge in [-0.15, -0.1) is 0 Å². The number of rotatable bonds is 3. The molecule has 0 radical (unpaired) electrons. The zero-order valence-electron chi connectivity index (χ0n) is 8.25. The number of anilines is 3. The summed E-state index contributed by atoms with van der Waals surface area (Å²) < 4.78 is 0. The molecule has 0 aliphatic carbocycles. The van der Waals surface area contributed by atoms with Gasteiger partial charge in [-0.1, -0.05) is 18.2 Å². The molecule has 6 nitrogen and oxygen atoms in total. The molecule has 0 saturated carbocycles. The van der Waals surface area contributed by atoms with Crippen molar-refractivity contribution in [3.8, 4) is 6.19 Å². The van der Waals surface area contributed by atoms with Crippen LogP contribution in [-0.4, -0.2) is 15.0 Å². The van der Waals surface area contributed by atoms with E-state index >= 15 is 0 Å². The number of nitriles is 1. The Labute approximate surface area is 92.0 Å². The lowest BCUT2D eigenvalue weighted by atomic mass is 10.3. The van der Waals surface area contributed by atoms with Crippen molar-refractivity contribution in [3.63, 3.8) is 0 Å². The maximum atomic E-state index is 8.42. The van der Waals surface area contributed by atoms with Crippen LogP contribution >= 0.6 is 0 Å². The van der Waals surface area contributed by atoms with Crippen LogP contribution in [0.25, 0.3) is 0 Å². The molecular formula is C10H8N6. The van der Waals surface area contributed by atoms with Crippen LogP contribution in [0.5, 0.6) is 0 Å². The van der Waals surface area contributed by atoms with Gasteiger partial charge in [0.25, 0.3) is 0 Å². The Kier molecular flexibility index (Phi) is 2.90. The van der Waals surface area contributed by atoms with Crippen molar-refractivity contribution in [2.24, 2.45) is 0 Å². The maximum Gasteiger partial charge on any atom is 0.240 e. The summed E-state index contributed by atoms with van der Waals surface area (Å²) in [6.45, 7) is 0. The van der Waals surface area contributed by atoms with E-state index in [9.17, 15) is 0 Å². The standard InChI is InChI=1S/C10H8N6/c11-6-12-9-13-7-14-10(16-9)15-8-4-2-1-3-5-8/h1-5,7H,(H2,12,13,14,15,16). The second kappa shape index (κ2) is 4.70. The van der Waals surface area contributed by atoms with Gasteiger partial charge in [0.1, 0.15) is 6.33 Å². The first-order chi connectivity index (χ1) is 7.88. The summed E-state index contributed by atoms with van der Waals surface area (Å²) in [6.07, 6.45) is 3.08. The molecular weight excluding hydrogens is 204 g/mol. The van der Waals surface area contributed by atoms with E-state index in [1.807, 2.05) is 30.3 Å². The van der Waals surface area contributed by atoms with Crippen LogP contribution in [0.4, 0.5) is 17.6 Å².